The number of benzene rings is 1. The van der Waals surface area contributed by atoms with Gasteiger partial charge in [0, 0.05) is 5.54 Å². The Morgan fingerprint density at radius 2 is 1.95 bits per heavy atom. The molecule has 0 spiro atoms. The molecule has 0 aliphatic heterocycles. The summed E-state index contributed by atoms with van der Waals surface area (Å²) < 4.78 is 0. The van der Waals surface area contributed by atoms with E-state index in [1.165, 1.54) is 0 Å². The SMILES string of the molecule is CC(C)(C)NC(=O)NC(=O)CNc1cc(CO)ccc1Cl. The molecule has 1 rings (SSSR count). The molecule has 0 radical (unpaired) electrons. The molecule has 0 aromatic heterocycles. The van der Waals surface area contributed by atoms with Crippen LogP contribution in [-0.2, 0) is 11.4 Å². The van der Waals surface area contributed by atoms with Crippen molar-refractivity contribution < 1.29 is 14.7 Å². The van der Waals surface area contributed by atoms with Gasteiger partial charge in [-0.05, 0) is 38.5 Å². The Morgan fingerprint density at radius 1 is 1.29 bits per heavy atom. The lowest BCUT2D eigenvalue weighted by Crippen LogP contribution is -2.49. The van der Waals surface area contributed by atoms with Crippen molar-refractivity contribution in [3.05, 3.63) is 28.8 Å². The Labute approximate surface area is 128 Å². The third-order valence-electron chi connectivity index (χ3n) is 2.39. The first-order valence-electron chi connectivity index (χ1n) is 6.46. The van der Waals surface area contributed by atoms with E-state index in [1.807, 2.05) is 20.8 Å². The fourth-order valence-electron chi connectivity index (χ4n) is 1.52. The Hall–Kier alpha value is -1.79. The molecule has 0 heterocycles. The number of hydrogen-bond acceptors (Lipinski definition) is 4. The highest BCUT2D eigenvalue weighted by Crippen LogP contribution is 2.22. The van der Waals surface area contributed by atoms with Crippen molar-refractivity contribution in [3.8, 4) is 0 Å². The van der Waals surface area contributed by atoms with Crippen LogP contribution in [0.1, 0.15) is 26.3 Å². The van der Waals surface area contributed by atoms with Gasteiger partial charge in [-0.25, -0.2) is 4.79 Å². The topological polar surface area (TPSA) is 90.5 Å². The van der Waals surface area contributed by atoms with Gasteiger partial charge >= 0.3 is 6.03 Å². The van der Waals surface area contributed by atoms with E-state index in [9.17, 15) is 9.59 Å². The number of carbonyl (C=O) groups is 2. The summed E-state index contributed by atoms with van der Waals surface area (Å²) in [6.45, 7) is 5.22. The third kappa shape index (κ3) is 6.46. The lowest BCUT2D eigenvalue weighted by atomic mass is 10.1. The predicted molar refractivity (Wildman–Crippen MR) is 82.3 cm³/mol. The zero-order chi connectivity index (χ0) is 16.0. The first kappa shape index (κ1) is 17.3. The highest BCUT2D eigenvalue weighted by atomic mass is 35.5. The van der Waals surface area contributed by atoms with Gasteiger partial charge in [-0.3, -0.25) is 10.1 Å². The first-order chi connectivity index (χ1) is 9.71. The Balaban J connectivity index is 2.52. The van der Waals surface area contributed by atoms with Crippen LogP contribution < -0.4 is 16.0 Å². The summed E-state index contributed by atoms with van der Waals surface area (Å²) in [6.07, 6.45) is 0. The molecule has 0 aliphatic rings. The molecule has 116 valence electrons. The van der Waals surface area contributed by atoms with Crippen molar-refractivity contribution in [3.63, 3.8) is 0 Å². The van der Waals surface area contributed by atoms with Crippen LogP contribution >= 0.6 is 11.6 Å². The van der Waals surface area contributed by atoms with Crippen LogP contribution in [0.5, 0.6) is 0 Å². The zero-order valence-electron chi connectivity index (χ0n) is 12.3. The monoisotopic (exact) mass is 313 g/mol. The van der Waals surface area contributed by atoms with Crippen molar-refractivity contribution in [2.24, 2.45) is 0 Å². The molecule has 4 N–H and O–H groups in total. The lowest BCUT2D eigenvalue weighted by Gasteiger charge is -2.20. The predicted octanol–water partition coefficient (Wildman–Crippen LogP) is 1.87. The summed E-state index contributed by atoms with van der Waals surface area (Å²) in [4.78, 5) is 23.2. The van der Waals surface area contributed by atoms with Gasteiger partial charge in [-0.2, -0.15) is 0 Å². The number of rotatable bonds is 4. The smallest absolute Gasteiger partial charge is 0.321 e. The molecule has 21 heavy (non-hydrogen) atoms. The van der Waals surface area contributed by atoms with Crippen LogP contribution in [0.2, 0.25) is 5.02 Å². The van der Waals surface area contributed by atoms with Crippen molar-refractivity contribution in [2.75, 3.05) is 11.9 Å². The third-order valence-corrected chi connectivity index (χ3v) is 2.72. The molecule has 1 aromatic rings. The van der Waals surface area contributed by atoms with E-state index in [2.05, 4.69) is 16.0 Å². The van der Waals surface area contributed by atoms with E-state index < -0.39 is 17.5 Å². The molecule has 0 fully saturated rings. The molecule has 3 amide bonds. The molecular formula is C14H20ClN3O3. The zero-order valence-corrected chi connectivity index (χ0v) is 13.0. The normalized spacial score (nSPS) is 10.9. The van der Waals surface area contributed by atoms with Gasteiger partial charge in [-0.15, -0.1) is 0 Å². The number of hydrogen-bond donors (Lipinski definition) is 4. The van der Waals surface area contributed by atoms with Crippen LogP contribution in [-0.4, -0.2) is 29.1 Å². The maximum Gasteiger partial charge on any atom is 0.321 e. The summed E-state index contributed by atoms with van der Waals surface area (Å²) in [5.41, 5.74) is 0.777. The van der Waals surface area contributed by atoms with Crippen LogP contribution in [0.4, 0.5) is 10.5 Å². The fourth-order valence-corrected chi connectivity index (χ4v) is 1.71. The van der Waals surface area contributed by atoms with Gasteiger partial charge in [-0.1, -0.05) is 17.7 Å². The number of amides is 3. The van der Waals surface area contributed by atoms with Gasteiger partial charge in [0.25, 0.3) is 0 Å². The number of nitrogens with one attached hydrogen (secondary N) is 3. The van der Waals surface area contributed by atoms with Crippen molar-refractivity contribution in [2.45, 2.75) is 32.9 Å². The highest BCUT2D eigenvalue weighted by molar-refractivity contribution is 6.33. The Bertz CT molecular complexity index is 527. The van der Waals surface area contributed by atoms with Crippen molar-refractivity contribution >= 4 is 29.2 Å². The minimum atomic E-state index is -0.551. The highest BCUT2D eigenvalue weighted by Gasteiger charge is 2.15. The van der Waals surface area contributed by atoms with Gasteiger partial charge < -0.3 is 15.7 Å². The minimum absolute atomic E-state index is 0.105. The molecule has 1 aromatic carbocycles. The average molecular weight is 314 g/mol. The molecule has 0 saturated heterocycles. The largest absolute Gasteiger partial charge is 0.392 e. The molecule has 6 nitrogen and oxygen atoms in total. The second-order valence-corrected chi connectivity index (χ2v) is 5.99. The first-order valence-corrected chi connectivity index (χ1v) is 6.84. The number of halogens is 1. The number of aliphatic hydroxyl groups is 1. The van der Waals surface area contributed by atoms with Crippen LogP contribution in [0.25, 0.3) is 0 Å². The summed E-state index contributed by atoms with van der Waals surface area (Å²) in [5.74, 6) is -0.484. The molecule has 0 unspecified atom stereocenters. The van der Waals surface area contributed by atoms with E-state index in [4.69, 9.17) is 16.7 Å². The second kappa shape index (κ2) is 7.28. The van der Waals surface area contributed by atoms with Crippen LogP contribution in [0.15, 0.2) is 18.2 Å². The molecular weight excluding hydrogens is 294 g/mol. The summed E-state index contributed by atoms with van der Waals surface area (Å²) >= 11 is 5.97. The number of imide groups is 1. The molecule has 7 heteroatoms. The average Bonchev–Trinajstić information content (AvgIpc) is 2.35. The maximum atomic E-state index is 11.7. The summed E-state index contributed by atoms with van der Waals surface area (Å²) in [5, 5.41) is 17.1. The summed E-state index contributed by atoms with van der Waals surface area (Å²) in [6, 6.07) is 4.40. The van der Waals surface area contributed by atoms with E-state index in [0.717, 1.165) is 0 Å². The fraction of sp³-hybridized carbons (Fsp3) is 0.429. The standard InChI is InChI=1S/C14H20ClN3O3/c1-14(2,3)18-13(21)17-12(20)7-16-11-6-9(8-19)4-5-10(11)15/h4-6,16,19H,7-8H2,1-3H3,(H2,17,18,20,21). The van der Waals surface area contributed by atoms with Crippen molar-refractivity contribution in [1.82, 2.24) is 10.6 Å². The Kier molecular flexibility index (Phi) is 5.99. The van der Waals surface area contributed by atoms with Crippen LogP contribution in [0, 0.1) is 0 Å². The quantitative estimate of drug-likeness (QED) is 0.683. The number of carbonyl (C=O) groups excluding carboxylic acids is 2. The van der Waals surface area contributed by atoms with Gasteiger partial charge in [0.05, 0.1) is 23.9 Å². The van der Waals surface area contributed by atoms with E-state index in [-0.39, 0.29) is 13.2 Å². The maximum absolute atomic E-state index is 11.7. The number of urea groups is 1. The second-order valence-electron chi connectivity index (χ2n) is 5.58. The lowest BCUT2D eigenvalue weighted by molar-refractivity contribution is -0.118. The number of anilines is 1. The van der Waals surface area contributed by atoms with Gasteiger partial charge in [0.2, 0.25) is 5.91 Å². The molecule has 0 bridgehead atoms. The molecule has 0 atom stereocenters. The van der Waals surface area contributed by atoms with E-state index in [0.29, 0.717) is 16.3 Å². The van der Waals surface area contributed by atoms with Gasteiger partial charge in [0.1, 0.15) is 0 Å². The van der Waals surface area contributed by atoms with E-state index >= 15 is 0 Å². The summed E-state index contributed by atoms with van der Waals surface area (Å²) in [7, 11) is 0. The number of aliphatic hydroxyl groups excluding tert-OH is 1. The van der Waals surface area contributed by atoms with Gasteiger partial charge in [0.15, 0.2) is 0 Å². The van der Waals surface area contributed by atoms with Crippen molar-refractivity contribution in [1.29, 1.82) is 0 Å². The molecule has 0 saturated carbocycles. The Morgan fingerprint density at radius 3 is 2.52 bits per heavy atom. The molecule has 0 aliphatic carbocycles. The minimum Gasteiger partial charge on any atom is -0.392 e. The van der Waals surface area contributed by atoms with Crippen LogP contribution in [0.3, 0.4) is 0 Å². The van der Waals surface area contributed by atoms with E-state index in [1.54, 1.807) is 18.2 Å².